The summed E-state index contributed by atoms with van der Waals surface area (Å²) in [6, 6.07) is 9.71. The molecule has 0 amide bonds. The maximum atomic E-state index is 13.2. The lowest BCUT2D eigenvalue weighted by Gasteiger charge is -2.12. The molecule has 0 unspecified atom stereocenters. The van der Waals surface area contributed by atoms with Crippen molar-refractivity contribution >= 4 is 15.9 Å². The molecule has 0 aliphatic heterocycles. The number of alkyl halides is 4. The largest absolute Gasteiger partial charge is 0.573 e. The minimum Gasteiger partial charge on any atom is -0.406 e. The van der Waals surface area contributed by atoms with Gasteiger partial charge in [-0.2, -0.15) is 0 Å². The predicted octanol–water partition coefficient (Wildman–Crippen LogP) is 5.29. The van der Waals surface area contributed by atoms with Crippen molar-refractivity contribution in [1.82, 2.24) is 0 Å². The quantitative estimate of drug-likeness (QED) is 0.541. The number of hydrogen-bond donors (Lipinski definition) is 0. The molecule has 20 heavy (non-hydrogen) atoms. The van der Waals surface area contributed by atoms with E-state index in [0.717, 1.165) is 0 Å². The first-order valence-corrected chi connectivity index (χ1v) is 6.72. The summed E-state index contributed by atoms with van der Waals surface area (Å²) in [5, 5.41) is 0.393. The maximum Gasteiger partial charge on any atom is 0.573 e. The Hall–Kier alpha value is -1.56. The second kappa shape index (κ2) is 5.83. The SMILES string of the molecule is Fc1ccc(-c2cccc(OC(F)(F)F)c2)c(CBr)c1. The summed E-state index contributed by atoms with van der Waals surface area (Å²) in [5.74, 6) is -0.703. The third kappa shape index (κ3) is 3.72. The van der Waals surface area contributed by atoms with Crippen LogP contribution in [0, 0.1) is 5.82 Å². The fourth-order valence-electron chi connectivity index (χ4n) is 1.82. The molecule has 0 radical (unpaired) electrons. The zero-order valence-corrected chi connectivity index (χ0v) is 11.6. The zero-order valence-electron chi connectivity index (χ0n) is 10.0. The summed E-state index contributed by atoms with van der Waals surface area (Å²) in [6.07, 6.45) is -4.74. The molecule has 0 saturated heterocycles. The van der Waals surface area contributed by atoms with Crippen molar-refractivity contribution in [3.8, 4) is 16.9 Å². The van der Waals surface area contributed by atoms with Crippen LogP contribution in [-0.2, 0) is 5.33 Å². The standard InChI is InChI=1S/C14H9BrF4O/c15-8-10-6-11(16)4-5-13(10)9-2-1-3-12(7-9)20-14(17,18)19/h1-7H,8H2. The Bertz CT molecular complexity index is 610. The molecule has 106 valence electrons. The zero-order chi connectivity index (χ0) is 14.8. The predicted molar refractivity (Wildman–Crippen MR) is 71.2 cm³/mol. The molecule has 0 fully saturated rings. The number of rotatable bonds is 3. The molecule has 0 spiro atoms. The molecule has 0 aromatic heterocycles. The third-order valence-electron chi connectivity index (χ3n) is 2.59. The van der Waals surface area contributed by atoms with Gasteiger partial charge in [0.1, 0.15) is 11.6 Å². The topological polar surface area (TPSA) is 9.23 Å². The molecule has 2 aromatic carbocycles. The molecular weight excluding hydrogens is 340 g/mol. The van der Waals surface area contributed by atoms with E-state index in [9.17, 15) is 17.6 Å². The highest BCUT2D eigenvalue weighted by molar-refractivity contribution is 9.08. The van der Waals surface area contributed by atoms with Crippen LogP contribution in [0.2, 0.25) is 0 Å². The normalized spacial score (nSPS) is 11.4. The Kier molecular flexibility index (Phi) is 4.32. The van der Waals surface area contributed by atoms with Gasteiger partial charge in [0.15, 0.2) is 0 Å². The van der Waals surface area contributed by atoms with E-state index < -0.39 is 12.2 Å². The van der Waals surface area contributed by atoms with Crippen molar-refractivity contribution < 1.29 is 22.3 Å². The van der Waals surface area contributed by atoms with Crippen molar-refractivity contribution in [2.75, 3.05) is 0 Å². The average Bonchev–Trinajstić information content (AvgIpc) is 2.36. The molecule has 0 aliphatic carbocycles. The van der Waals surface area contributed by atoms with Crippen molar-refractivity contribution in [2.45, 2.75) is 11.7 Å². The van der Waals surface area contributed by atoms with Crippen LogP contribution in [0.1, 0.15) is 5.56 Å². The van der Waals surface area contributed by atoms with Gasteiger partial charge in [0.05, 0.1) is 0 Å². The lowest BCUT2D eigenvalue weighted by atomic mass is 10.0. The third-order valence-corrected chi connectivity index (χ3v) is 3.19. The molecule has 2 aromatic rings. The summed E-state index contributed by atoms with van der Waals surface area (Å²) in [4.78, 5) is 0. The molecule has 0 aliphatic rings. The Labute approximate surface area is 121 Å². The van der Waals surface area contributed by atoms with Crippen LogP contribution in [0.3, 0.4) is 0 Å². The lowest BCUT2D eigenvalue weighted by Crippen LogP contribution is -2.17. The fourth-order valence-corrected chi connectivity index (χ4v) is 2.28. The molecule has 6 heteroatoms. The summed E-state index contributed by atoms with van der Waals surface area (Å²) in [5.41, 5.74) is 1.83. The Morgan fingerprint density at radius 1 is 1.05 bits per heavy atom. The van der Waals surface area contributed by atoms with Crippen LogP contribution >= 0.6 is 15.9 Å². The number of ether oxygens (including phenoxy) is 1. The van der Waals surface area contributed by atoms with Gasteiger partial charge in [-0.05, 0) is 41.0 Å². The fraction of sp³-hybridized carbons (Fsp3) is 0.143. The summed E-state index contributed by atoms with van der Waals surface area (Å²) >= 11 is 3.23. The first-order chi connectivity index (χ1) is 9.39. The minimum absolute atomic E-state index is 0.306. The van der Waals surface area contributed by atoms with E-state index in [1.165, 1.54) is 36.4 Å². The Balaban J connectivity index is 2.41. The first kappa shape index (κ1) is 14.8. The molecular formula is C14H9BrF4O. The van der Waals surface area contributed by atoms with E-state index in [0.29, 0.717) is 22.0 Å². The van der Waals surface area contributed by atoms with Crippen LogP contribution in [0.5, 0.6) is 5.75 Å². The highest BCUT2D eigenvalue weighted by atomic mass is 79.9. The smallest absolute Gasteiger partial charge is 0.406 e. The highest BCUT2D eigenvalue weighted by Crippen LogP contribution is 2.31. The van der Waals surface area contributed by atoms with Crippen LogP contribution in [0.25, 0.3) is 11.1 Å². The monoisotopic (exact) mass is 348 g/mol. The Morgan fingerprint density at radius 3 is 2.45 bits per heavy atom. The van der Waals surface area contributed by atoms with Gasteiger partial charge in [-0.25, -0.2) is 4.39 Å². The average molecular weight is 349 g/mol. The van der Waals surface area contributed by atoms with Gasteiger partial charge in [-0.1, -0.05) is 34.1 Å². The van der Waals surface area contributed by atoms with E-state index in [2.05, 4.69) is 20.7 Å². The molecule has 0 atom stereocenters. The van der Waals surface area contributed by atoms with Crippen molar-refractivity contribution in [3.05, 3.63) is 53.8 Å². The number of halogens is 5. The van der Waals surface area contributed by atoms with Crippen molar-refractivity contribution in [3.63, 3.8) is 0 Å². The minimum atomic E-state index is -4.74. The second-order valence-electron chi connectivity index (χ2n) is 4.01. The van der Waals surface area contributed by atoms with Crippen LogP contribution in [0.4, 0.5) is 17.6 Å². The van der Waals surface area contributed by atoms with E-state index >= 15 is 0 Å². The lowest BCUT2D eigenvalue weighted by molar-refractivity contribution is -0.274. The molecule has 0 N–H and O–H groups in total. The van der Waals surface area contributed by atoms with E-state index in [4.69, 9.17) is 0 Å². The van der Waals surface area contributed by atoms with Crippen LogP contribution in [-0.4, -0.2) is 6.36 Å². The first-order valence-electron chi connectivity index (χ1n) is 5.59. The summed E-state index contributed by atoms with van der Waals surface area (Å²) in [7, 11) is 0. The number of hydrogen-bond acceptors (Lipinski definition) is 1. The van der Waals surface area contributed by atoms with Gasteiger partial charge in [0.2, 0.25) is 0 Å². The van der Waals surface area contributed by atoms with E-state index in [1.54, 1.807) is 6.07 Å². The van der Waals surface area contributed by atoms with Gasteiger partial charge in [0.25, 0.3) is 0 Å². The van der Waals surface area contributed by atoms with Gasteiger partial charge in [-0.15, -0.1) is 13.2 Å². The van der Waals surface area contributed by atoms with Crippen molar-refractivity contribution in [2.24, 2.45) is 0 Å². The van der Waals surface area contributed by atoms with Crippen LogP contribution < -0.4 is 4.74 Å². The highest BCUT2D eigenvalue weighted by Gasteiger charge is 2.31. The molecule has 0 bridgehead atoms. The number of benzene rings is 2. The molecule has 0 saturated carbocycles. The van der Waals surface area contributed by atoms with Crippen LogP contribution in [0.15, 0.2) is 42.5 Å². The summed E-state index contributed by atoms with van der Waals surface area (Å²) in [6.45, 7) is 0. The van der Waals surface area contributed by atoms with Crippen molar-refractivity contribution in [1.29, 1.82) is 0 Å². The van der Waals surface area contributed by atoms with Gasteiger partial charge in [0, 0.05) is 5.33 Å². The summed E-state index contributed by atoms with van der Waals surface area (Å²) < 4.78 is 53.6. The van der Waals surface area contributed by atoms with Gasteiger partial charge >= 0.3 is 6.36 Å². The van der Waals surface area contributed by atoms with Gasteiger partial charge < -0.3 is 4.74 Å². The van der Waals surface area contributed by atoms with Gasteiger partial charge in [-0.3, -0.25) is 0 Å². The van der Waals surface area contributed by atoms with E-state index in [1.807, 2.05) is 0 Å². The molecule has 2 rings (SSSR count). The van der Waals surface area contributed by atoms with E-state index in [-0.39, 0.29) is 5.75 Å². The Morgan fingerprint density at radius 2 is 1.80 bits per heavy atom. The molecule has 0 heterocycles. The molecule has 1 nitrogen and oxygen atoms in total. The maximum absolute atomic E-state index is 13.2. The second-order valence-corrected chi connectivity index (χ2v) is 4.57.